The first-order valence-corrected chi connectivity index (χ1v) is 16.6. The Labute approximate surface area is 281 Å². The van der Waals surface area contributed by atoms with Crippen molar-refractivity contribution in [1.82, 2.24) is 4.57 Å². The zero-order valence-electron chi connectivity index (χ0n) is 27.0. The van der Waals surface area contributed by atoms with E-state index in [2.05, 4.69) is 157 Å². The van der Waals surface area contributed by atoms with Gasteiger partial charge in [0, 0.05) is 56.9 Å². The van der Waals surface area contributed by atoms with Crippen molar-refractivity contribution in [3.05, 3.63) is 173 Å². The van der Waals surface area contributed by atoms with Gasteiger partial charge in [-0.15, -0.1) is 0 Å². The first kappa shape index (κ1) is 28.4. The Kier molecular flexibility index (Phi) is 6.25. The van der Waals surface area contributed by atoms with Crippen LogP contribution < -0.4 is 11.1 Å². The summed E-state index contributed by atoms with van der Waals surface area (Å²) in [6.07, 6.45) is 10.9. The number of anilines is 1. The first-order chi connectivity index (χ1) is 23.4. The summed E-state index contributed by atoms with van der Waals surface area (Å²) >= 11 is 0. The molecular weight excluding hydrogens is 585 g/mol. The lowest BCUT2D eigenvalue weighted by atomic mass is 9.85. The summed E-state index contributed by atoms with van der Waals surface area (Å²) in [5, 5.41) is 15.7. The fourth-order valence-electron chi connectivity index (χ4n) is 7.87. The van der Waals surface area contributed by atoms with Crippen LogP contribution in [0.15, 0.2) is 151 Å². The van der Waals surface area contributed by atoms with E-state index in [4.69, 9.17) is 5.73 Å². The molecule has 0 saturated heterocycles. The van der Waals surface area contributed by atoms with E-state index in [9.17, 15) is 5.41 Å². The van der Waals surface area contributed by atoms with Gasteiger partial charge in [-0.2, -0.15) is 0 Å². The molecule has 0 bridgehead atoms. The molecule has 4 N–H and O–H groups in total. The second-order valence-corrected chi connectivity index (χ2v) is 13.7. The lowest BCUT2D eigenvalue weighted by Gasteiger charge is -2.23. The topological polar surface area (TPSA) is 66.8 Å². The van der Waals surface area contributed by atoms with Crippen molar-refractivity contribution in [2.24, 2.45) is 11.1 Å². The second kappa shape index (κ2) is 10.6. The van der Waals surface area contributed by atoms with Gasteiger partial charge in [-0.25, -0.2) is 0 Å². The quantitative estimate of drug-likeness (QED) is 0.168. The van der Waals surface area contributed by atoms with Gasteiger partial charge in [0.1, 0.15) is 0 Å². The van der Waals surface area contributed by atoms with E-state index < -0.39 is 0 Å². The summed E-state index contributed by atoms with van der Waals surface area (Å²) in [5.41, 5.74) is 19.9. The van der Waals surface area contributed by atoms with Gasteiger partial charge >= 0.3 is 0 Å². The second-order valence-electron chi connectivity index (χ2n) is 13.7. The zero-order chi connectivity index (χ0) is 32.6. The molecule has 3 aliphatic rings. The van der Waals surface area contributed by atoms with Crippen molar-refractivity contribution in [2.45, 2.75) is 25.8 Å². The Morgan fingerprint density at radius 1 is 0.771 bits per heavy atom. The number of benzene rings is 5. The summed E-state index contributed by atoms with van der Waals surface area (Å²) in [7, 11) is 0. The van der Waals surface area contributed by atoms with Crippen LogP contribution in [0.3, 0.4) is 0 Å². The molecule has 0 amide bonds. The van der Waals surface area contributed by atoms with Gasteiger partial charge in [0.05, 0.1) is 17.4 Å². The number of nitrogens with two attached hydrogens (primary N) is 1. The molecular formula is C44H36N4. The Bertz CT molecular complexity index is 2380. The molecule has 0 spiro atoms. The molecule has 6 aromatic rings. The van der Waals surface area contributed by atoms with E-state index in [1.54, 1.807) is 0 Å². The van der Waals surface area contributed by atoms with Gasteiger partial charge in [-0.05, 0) is 69.4 Å². The molecule has 4 heteroatoms. The van der Waals surface area contributed by atoms with E-state index in [0.29, 0.717) is 5.71 Å². The molecule has 48 heavy (non-hydrogen) atoms. The SMILES string of the molecule is CC1(C)C=CC(C(=N)c2ccccc2-c2cc(-c3cccc4c3NC3c5ccn(-c6ccccc6)c5C=CC43)cc3ccccc23)=C1N. The van der Waals surface area contributed by atoms with Crippen LogP contribution in [0.4, 0.5) is 5.69 Å². The molecule has 0 saturated carbocycles. The molecule has 0 radical (unpaired) electrons. The van der Waals surface area contributed by atoms with Crippen molar-refractivity contribution in [3.8, 4) is 27.9 Å². The molecule has 1 aliphatic heterocycles. The standard InChI is InChI=1S/C44H36N4/c1-44(2)23-21-37(43(44)46)40(45)33-16-9-8-15-32(33)38-26-28(25-27-11-6-7-14-30(27)38)31-17-10-18-34-35-19-20-39-36(42(35)47-41(31)34)22-24-48(39)29-12-4-3-5-13-29/h3-26,35,42,45,47H,46H2,1-2H3. The molecule has 4 nitrogen and oxygen atoms in total. The predicted molar refractivity (Wildman–Crippen MR) is 200 cm³/mol. The summed E-state index contributed by atoms with van der Waals surface area (Å²) in [6.45, 7) is 4.19. The molecule has 2 heterocycles. The summed E-state index contributed by atoms with van der Waals surface area (Å²) < 4.78 is 2.28. The minimum Gasteiger partial charge on any atom is -0.401 e. The average Bonchev–Trinajstić information content (AvgIpc) is 3.80. The number of aromatic nitrogens is 1. The summed E-state index contributed by atoms with van der Waals surface area (Å²) in [5.74, 6) is 0.252. The van der Waals surface area contributed by atoms with Crippen LogP contribution in [0.2, 0.25) is 0 Å². The van der Waals surface area contributed by atoms with Gasteiger partial charge in [0.15, 0.2) is 0 Å². The Morgan fingerprint density at radius 2 is 1.54 bits per heavy atom. The molecule has 2 atom stereocenters. The smallest absolute Gasteiger partial charge is 0.0708 e. The first-order valence-electron chi connectivity index (χ1n) is 16.6. The van der Waals surface area contributed by atoms with Gasteiger partial charge in [0.25, 0.3) is 0 Å². The highest BCUT2D eigenvalue weighted by Crippen LogP contribution is 2.52. The van der Waals surface area contributed by atoms with Gasteiger partial charge in [-0.3, -0.25) is 5.41 Å². The molecule has 0 fully saturated rings. The van der Waals surface area contributed by atoms with Crippen molar-refractivity contribution >= 4 is 28.2 Å². The third-order valence-electron chi connectivity index (χ3n) is 10.5. The number of nitrogens with zero attached hydrogens (tertiary/aromatic N) is 1. The summed E-state index contributed by atoms with van der Waals surface area (Å²) in [6, 6.07) is 41.2. The lowest BCUT2D eigenvalue weighted by Crippen LogP contribution is -2.19. The van der Waals surface area contributed by atoms with Crippen molar-refractivity contribution in [3.63, 3.8) is 0 Å². The summed E-state index contributed by atoms with van der Waals surface area (Å²) in [4.78, 5) is 0. The minimum atomic E-state index is -0.263. The highest BCUT2D eigenvalue weighted by molar-refractivity contribution is 6.18. The number of hydrogen-bond acceptors (Lipinski definition) is 3. The Hall–Kier alpha value is -5.87. The number of allylic oxidation sites excluding steroid dienone is 3. The maximum absolute atomic E-state index is 9.35. The highest BCUT2D eigenvalue weighted by Gasteiger charge is 2.37. The molecule has 2 unspecified atom stereocenters. The van der Waals surface area contributed by atoms with E-state index >= 15 is 0 Å². The van der Waals surface area contributed by atoms with E-state index in [-0.39, 0.29) is 17.4 Å². The lowest BCUT2D eigenvalue weighted by molar-refractivity contribution is 0.582. The highest BCUT2D eigenvalue weighted by atomic mass is 15.0. The van der Waals surface area contributed by atoms with Gasteiger partial charge < -0.3 is 15.6 Å². The third kappa shape index (κ3) is 4.26. The molecule has 1 aromatic heterocycles. The largest absolute Gasteiger partial charge is 0.401 e. The maximum atomic E-state index is 9.35. The fraction of sp³-hybridized carbons (Fsp3) is 0.114. The van der Waals surface area contributed by atoms with Gasteiger partial charge in [0.2, 0.25) is 0 Å². The van der Waals surface area contributed by atoms with Crippen molar-refractivity contribution < 1.29 is 0 Å². The van der Waals surface area contributed by atoms with Crippen LogP contribution >= 0.6 is 0 Å². The predicted octanol–water partition coefficient (Wildman–Crippen LogP) is 10.4. The number of para-hydroxylation sites is 2. The normalized spacial score (nSPS) is 18.5. The van der Waals surface area contributed by atoms with E-state index in [1.807, 2.05) is 12.1 Å². The van der Waals surface area contributed by atoms with Crippen LogP contribution in [0.1, 0.15) is 48.2 Å². The average molecular weight is 621 g/mol. The molecule has 9 rings (SSSR count). The monoisotopic (exact) mass is 620 g/mol. The maximum Gasteiger partial charge on any atom is 0.0708 e. The van der Waals surface area contributed by atoms with Gasteiger partial charge in [-0.1, -0.05) is 117 Å². The molecule has 5 aromatic carbocycles. The Balaban J connectivity index is 1.16. The Morgan fingerprint density at radius 3 is 2.38 bits per heavy atom. The van der Waals surface area contributed by atoms with E-state index in [1.165, 1.54) is 39.1 Å². The minimum absolute atomic E-state index is 0.162. The van der Waals surface area contributed by atoms with Crippen LogP contribution in [-0.4, -0.2) is 10.3 Å². The fourth-order valence-corrected chi connectivity index (χ4v) is 7.87. The van der Waals surface area contributed by atoms with E-state index in [0.717, 1.165) is 38.9 Å². The van der Waals surface area contributed by atoms with Crippen molar-refractivity contribution in [2.75, 3.05) is 5.32 Å². The number of rotatable bonds is 5. The molecule has 232 valence electrons. The number of fused-ring (bicyclic) bond motifs is 6. The number of nitrogens with one attached hydrogen (secondary N) is 2. The zero-order valence-corrected chi connectivity index (χ0v) is 27.0. The van der Waals surface area contributed by atoms with Crippen LogP contribution in [0.25, 0.3) is 44.8 Å². The van der Waals surface area contributed by atoms with Crippen LogP contribution in [0, 0.1) is 10.8 Å². The third-order valence-corrected chi connectivity index (χ3v) is 10.5. The van der Waals surface area contributed by atoms with Crippen molar-refractivity contribution in [1.29, 1.82) is 5.41 Å². The van der Waals surface area contributed by atoms with Crippen LogP contribution in [0.5, 0.6) is 0 Å². The van der Waals surface area contributed by atoms with Crippen LogP contribution in [-0.2, 0) is 0 Å². The molecule has 2 aliphatic carbocycles. The number of hydrogen-bond donors (Lipinski definition) is 3.